The molecule has 2 aromatic rings. The summed E-state index contributed by atoms with van der Waals surface area (Å²) in [6.07, 6.45) is -10.4. The second-order valence-electron chi connectivity index (χ2n) is 7.80. The summed E-state index contributed by atoms with van der Waals surface area (Å²) in [5.41, 5.74) is -2.05. The molecule has 1 aliphatic heterocycles. The van der Waals surface area contributed by atoms with Crippen molar-refractivity contribution in [3.05, 3.63) is 46.6 Å². The molecule has 194 valence electrons. The third kappa shape index (κ3) is 4.83. The topological polar surface area (TPSA) is 104 Å². The highest BCUT2D eigenvalue weighted by molar-refractivity contribution is 7.91. The number of thiophene rings is 1. The van der Waals surface area contributed by atoms with Crippen LogP contribution in [0.5, 0.6) is 0 Å². The number of hydrogen-bond acceptors (Lipinski definition) is 6. The Labute approximate surface area is 198 Å². The zero-order chi connectivity index (χ0) is 26.6. The van der Waals surface area contributed by atoms with E-state index >= 15 is 0 Å². The number of hydrogen-bond donors (Lipinski definition) is 2. The van der Waals surface area contributed by atoms with Crippen molar-refractivity contribution in [2.45, 2.75) is 35.1 Å². The summed E-state index contributed by atoms with van der Waals surface area (Å²) < 4.78 is 120. The molecule has 1 fully saturated rings. The second-order valence-corrected chi connectivity index (χ2v) is 10.8. The van der Waals surface area contributed by atoms with Crippen LogP contribution in [0.3, 0.4) is 0 Å². The highest BCUT2D eigenvalue weighted by Gasteiger charge is 2.60. The molecule has 1 aromatic carbocycles. The number of alkyl halides is 6. The number of anilines is 1. The van der Waals surface area contributed by atoms with Crippen molar-refractivity contribution in [2.75, 3.05) is 24.5 Å². The third-order valence-corrected chi connectivity index (χ3v) is 8.92. The normalized spacial score (nSPS) is 20.0. The van der Waals surface area contributed by atoms with Gasteiger partial charge in [-0.15, -0.1) is 11.3 Å². The molecular formula is C19H18F7N3O4S2. The lowest BCUT2D eigenvalue weighted by Crippen LogP contribution is -2.54. The summed E-state index contributed by atoms with van der Waals surface area (Å²) in [5, 5.41) is 10.5. The van der Waals surface area contributed by atoms with Crippen LogP contribution in [0.25, 0.3) is 0 Å². The number of nitrogens with two attached hydrogens (primary N) is 1. The zero-order valence-corrected chi connectivity index (χ0v) is 19.3. The van der Waals surface area contributed by atoms with Crippen LogP contribution in [-0.4, -0.2) is 55.6 Å². The largest absolute Gasteiger partial charge is 0.430 e. The highest BCUT2D eigenvalue weighted by atomic mass is 32.2. The number of carbonyl (C=O) groups excluding carboxylic acids is 1. The van der Waals surface area contributed by atoms with Crippen LogP contribution in [0.15, 0.2) is 33.9 Å². The number of carbonyl (C=O) groups is 1. The molecule has 7 nitrogen and oxygen atoms in total. The molecule has 0 radical (unpaired) electrons. The van der Waals surface area contributed by atoms with E-state index in [2.05, 4.69) is 0 Å². The summed E-state index contributed by atoms with van der Waals surface area (Å²) in [6, 6.07) is 1.65. The maximum atomic E-state index is 13.4. The van der Waals surface area contributed by atoms with E-state index in [1.807, 2.05) is 0 Å². The smallest absolute Gasteiger partial charge is 0.368 e. The van der Waals surface area contributed by atoms with Gasteiger partial charge in [-0.05, 0) is 36.6 Å². The standard InChI is InChI=1S/C19H18F7N3O4S2/c1-10-8-28(14-3-2-12(20)7-13(14)18(21,22)23)4-5-29(10)35(32,33)15-6-11(9-34-15)17(31,16(27)30)19(24,25)26/h2-3,6-7,9-10,31H,4-5,8H2,1H3,(H2,27,30)/t10-,17-/m1/s1. The number of nitrogens with zero attached hydrogens (tertiary/aromatic N) is 2. The molecule has 3 rings (SSSR count). The van der Waals surface area contributed by atoms with Gasteiger partial charge in [-0.25, -0.2) is 12.8 Å². The first-order valence-corrected chi connectivity index (χ1v) is 12.0. The summed E-state index contributed by atoms with van der Waals surface area (Å²) in [6.45, 7) is 0.569. The Morgan fingerprint density at radius 2 is 1.77 bits per heavy atom. The van der Waals surface area contributed by atoms with Gasteiger partial charge in [0.15, 0.2) is 0 Å². The van der Waals surface area contributed by atoms with E-state index in [0.717, 1.165) is 16.4 Å². The molecule has 0 aliphatic carbocycles. The van der Waals surface area contributed by atoms with E-state index in [9.17, 15) is 49.1 Å². The minimum absolute atomic E-state index is 0.232. The van der Waals surface area contributed by atoms with Gasteiger partial charge in [0.2, 0.25) is 0 Å². The number of piperazine rings is 1. The Hall–Kier alpha value is -2.43. The minimum atomic E-state index is -5.52. The molecule has 35 heavy (non-hydrogen) atoms. The van der Waals surface area contributed by atoms with Gasteiger partial charge in [0.25, 0.3) is 21.5 Å². The molecular weight excluding hydrogens is 531 g/mol. The molecule has 0 saturated carbocycles. The number of primary amides is 1. The van der Waals surface area contributed by atoms with Crippen LogP contribution in [0, 0.1) is 5.82 Å². The molecule has 0 unspecified atom stereocenters. The van der Waals surface area contributed by atoms with E-state index in [0.29, 0.717) is 28.8 Å². The van der Waals surface area contributed by atoms with E-state index in [4.69, 9.17) is 5.73 Å². The van der Waals surface area contributed by atoms with Gasteiger partial charge in [-0.3, -0.25) is 4.79 Å². The molecule has 1 saturated heterocycles. The average Bonchev–Trinajstić information content (AvgIpc) is 3.22. The van der Waals surface area contributed by atoms with Crippen molar-refractivity contribution in [1.82, 2.24) is 4.31 Å². The Kier molecular flexibility index (Phi) is 6.91. The predicted octanol–water partition coefficient (Wildman–Crippen LogP) is 3.04. The number of benzene rings is 1. The maximum Gasteiger partial charge on any atom is 0.430 e. The number of aliphatic hydroxyl groups is 1. The Morgan fingerprint density at radius 1 is 1.14 bits per heavy atom. The van der Waals surface area contributed by atoms with Crippen LogP contribution in [0.1, 0.15) is 18.1 Å². The first-order chi connectivity index (χ1) is 15.9. The Bertz CT molecular complexity index is 1230. The molecule has 2 atom stereocenters. The van der Waals surface area contributed by atoms with Crippen LogP contribution < -0.4 is 10.6 Å². The van der Waals surface area contributed by atoms with Crippen LogP contribution in [0.2, 0.25) is 0 Å². The SMILES string of the molecule is C[C@@H]1CN(c2ccc(F)cc2C(F)(F)F)CCN1S(=O)(=O)c1cc([C@@](O)(C(N)=O)C(F)(F)F)cs1. The van der Waals surface area contributed by atoms with E-state index < -0.39 is 61.1 Å². The van der Waals surface area contributed by atoms with Crippen molar-refractivity contribution in [2.24, 2.45) is 5.73 Å². The first-order valence-electron chi connectivity index (χ1n) is 9.72. The summed E-state index contributed by atoms with van der Waals surface area (Å²) >= 11 is 0.316. The fraction of sp³-hybridized carbons (Fsp3) is 0.421. The second kappa shape index (κ2) is 8.90. The number of sulfonamides is 1. The van der Waals surface area contributed by atoms with Gasteiger partial charge < -0.3 is 15.7 Å². The molecule has 16 heteroatoms. The van der Waals surface area contributed by atoms with Gasteiger partial charge in [0.1, 0.15) is 10.0 Å². The van der Waals surface area contributed by atoms with Crippen molar-refractivity contribution in [1.29, 1.82) is 0 Å². The van der Waals surface area contributed by atoms with E-state index in [1.54, 1.807) is 0 Å². The number of halogens is 7. The Balaban J connectivity index is 1.89. The summed E-state index contributed by atoms with van der Waals surface area (Å²) in [4.78, 5) is 12.6. The lowest BCUT2D eigenvalue weighted by Gasteiger charge is -2.40. The van der Waals surface area contributed by atoms with Crippen molar-refractivity contribution in [3.63, 3.8) is 0 Å². The van der Waals surface area contributed by atoms with Crippen molar-refractivity contribution < 1.29 is 49.1 Å². The van der Waals surface area contributed by atoms with Crippen molar-refractivity contribution in [3.8, 4) is 0 Å². The quantitative estimate of drug-likeness (QED) is 0.559. The van der Waals surface area contributed by atoms with E-state index in [-0.39, 0.29) is 25.3 Å². The van der Waals surface area contributed by atoms with Crippen LogP contribution in [-0.2, 0) is 26.6 Å². The molecule has 1 amide bonds. The lowest BCUT2D eigenvalue weighted by molar-refractivity contribution is -0.255. The van der Waals surface area contributed by atoms with Gasteiger partial charge in [-0.2, -0.15) is 30.6 Å². The summed E-state index contributed by atoms with van der Waals surface area (Å²) in [7, 11) is -4.46. The fourth-order valence-corrected chi connectivity index (χ4v) is 6.69. The highest BCUT2D eigenvalue weighted by Crippen LogP contribution is 2.42. The number of rotatable bonds is 5. The predicted molar refractivity (Wildman–Crippen MR) is 110 cm³/mol. The minimum Gasteiger partial charge on any atom is -0.368 e. The molecule has 0 spiro atoms. The zero-order valence-electron chi connectivity index (χ0n) is 17.7. The van der Waals surface area contributed by atoms with Gasteiger partial charge >= 0.3 is 12.4 Å². The molecule has 0 bridgehead atoms. The summed E-state index contributed by atoms with van der Waals surface area (Å²) in [5.74, 6) is -3.24. The van der Waals surface area contributed by atoms with Crippen molar-refractivity contribution >= 4 is 33.0 Å². The van der Waals surface area contributed by atoms with E-state index in [1.165, 1.54) is 11.8 Å². The molecule has 3 N–H and O–H groups in total. The van der Waals surface area contributed by atoms with Crippen LogP contribution in [0.4, 0.5) is 36.4 Å². The fourth-order valence-electron chi connectivity index (χ4n) is 3.73. The molecule has 2 heterocycles. The van der Waals surface area contributed by atoms with Gasteiger partial charge in [0.05, 0.1) is 5.56 Å². The Morgan fingerprint density at radius 3 is 2.29 bits per heavy atom. The van der Waals surface area contributed by atoms with Gasteiger partial charge in [-0.1, -0.05) is 0 Å². The lowest BCUT2D eigenvalue weighted by atomic mass is 9.95. The third-order valence-electron chi connectivity index (χ3n) is 5.49. The number of amides is 1. The maximum absolute atomic E-state index is 13.4. The van der Waals surface area contributed by atoms with Crippen LogP contribution >= 0.6 is 11.3 Å². The molecule has 1 aromatic heterocycles. The monoisotopic (exact) mass is 549 g/mol. The molecule has 1 aliphatic rings. The van der Waals surface area contributed by atoms with Gasteiger partial charge in [0, 0.05) is 36.9 Å². The average molecular weight is 549 g/mol. The first kappa shape index (κ1) is 27.2.